The number of aliphatic hydroxyl groups is 1. The van der Waals surface area contributed by atoms with Crippen LogP contribution in [0.25, 0.3) is 0 Å². The maximum atomic E-state index is 12.2. The average molecular weight is 287 g/mol. The van der Waals surface area contributed by atoms with E-state index in [4.69, 9.17) is 0 Å². The number of hydrogen-bond acceptors (Lipinski definition) is 4. The first-order valence-electron chi connectivity index (χ1n) is 6.84. The van der Waals surface area contributed by atoms with Crippen LogP contribution in [0.15, 0.2) is 30.6 Å². The number of rotatable bonds is 2. The van der Waals surface area contributed by atoms with E-state index in [-0.39, 0.29) is 6.03 Å². The zero-order valence-electron chi connectivity index (χ0n) is 11.7. The van der Waals surface area contributed by atoms with Gasteiger partial charge in [-0.3, -0.25) is 0 Å². The average Bonchev–Trinajstić information content (AvgIpc) is 2.95. The van der Waals surface area contributed by atoms with E-state index < -0.39 is 6.10 Å². The zero-order valence-corrected chi connectivity index (χ0v) is 11.7. The van der Waals surface area contributed by atoms with Crippen molar-refractivity contribution in [3.05, 3.63) is 42.0 Å². The fraction of sp³-hybridized carbons (Fsp3) is 0.357. The number of benzene rings is 1. The fourth-order valence-electron chi connectivity index (χ4n) is 2.29. The van der Waals surface area contributed by atoms with Crippen LogP contribution in [-0.4, -0.2) is 37.3 Å². The van der Waals surface area contributed by atoms with Gasteiger partial charge in [-0.1, -0.05) is 12.1 Å². The van der Waals surface area contributed by atoms with Crippen molar-refractivity contribution in [2.75, 3.05) is 11.9 Å². The van der Waals surface area contributed by atoms with E-state index in [0.29, 0.717) is 25.3 Å². The molecule has 0 bridgehead atoms. The molecule has 1 aliphatic rings. The normalized spacial score (nSPS) is 15.4. The highest BCUT2D eigenvalue weighted by molar-refractivity contribution is 5.89. The third-order valence-electron chi connectivity index (χ3n) is 3.57. The Morgan fingerprint density at radius 1 is 1.33 bits per heavy atom. The van der Waals surface area contributed by atoms with E-state index in [0.717, 1.165) is 11.4 Å². The maximum absolute atomic E-state index is 12.2. The zero-order chi connectivity index (χ0) is 14.8. The number of hydrogen-bond donors (Lipinski definition) is 2. The second-order valence-corrected chi connectivity index (χ2v) is 5.09. The molecule has 7 heteroatoms. The minimum atomic E-state index is -0.511. The summed E-state index contributed by atoms with van der Waals surface area (Å²) in [5.74, 6) is 0.792. The Morgan fingerprint density at radius 3 is 2.81 bits per heavy atom. The molecule has 2 aromatic rings. The SMILES string of the molecule is CC(O)c1ccc(NC(=O)N2CCn3cnnc3C2)cc1. The van der Waals surface area contributed by atoms with Gasteiger partial charge in [-0.05, 0) is 24.6 Å². The summed E-state index contributed by atoms with van der Waals surface area (Å²) in [6.45, 7) is 3.49. The summed E-state index contributed by atoms with van der Waals surface area (Å²) in [5, 5.41) is 20.1. The number of fused-ring (bicyclic) bond motifs is 1. The van der Waals surface area contributed by atoms with Crippen LogP contribution in [0.5, 0.6) is 0 Å². The number of carbonyl (C=O) groups is 1. The minimum absolute atomic E-state index is 0.158. The molecule has 0 radical (unpaired) electrons. The quantitative estimate of drug-likeness (QED) is 0.874. The lowest BCUT2D eigenvalue weighted by molar-refractivity contribution is 0.195. The van der Waals surface area contributed by atoms with Crippen molar-refractivity contribution in [3.8, 4) is 0 Å². The summed E-state index contributed by atoms with van der Waals surface area (Å²) in [6.07, 6.45) is 1.17. The molecular formula is C14H17N5O2. The Bertz CT molecular complexity index is 635. The van der Waals surface area contributed by atoms with Gasteiger partial charge >= 0.3 is 6.03 Å². The molecule has 1 aromatic carbocycles. The van der Waals surface area contributed by atoms with Gasteiger partial charge in [0.25, 0.3) is 0 Å². The molecule has 1 atom stereocenters. The molecule has 3 rings (SSSR count). The van der Waals surface area contributed by atoms with Crippen LogP contribution < -0.4 is 5.32 Å². The summed E-state index contributed by atoms with van der Waals surface area (Å²) in [7, 11) is 0. The van der Waals surface area contributed by atoms with Gasteiger partial charge < -0.3 is 19.9 Å². The third-order valence-corrected chi connectivity index (χ3v) is 3.57. The van der Waals surface area contributed by atoms with Crippen molar-refractivity contribution >= 4 is 11.7 Å². The Balaban J connectivity index is 1.64. The molecule has 1 unspecified atom stereocenters. The smallest absolute Gasteiger partial charge is 0.322 e. The Labute approximate surface area is 122 Å². The summed E-state index contributed by atoms with van der Waals surface area (Å²) < 4.78 is 1.95. The number of carbonyl (C=O) groups excluding carboxylic acids is 1. The first kappa shape index (κ1) is 13.6. The molecule has 7 nitrogen and oxygen atoms in total. The molecule has 21 heavy (non-hydrogen) atoms. The summed E-state index contributed by atoms with van der Waals surface area (Å²) in [6, 6.07) is 7.01. The molecule has 110 valence electrons. The molecule has 1 aromatic heterocycles. The van der Waals surface area contributed by atoms with E-state index >= 15 is 0 Å². The molecular weight excluding hydrogens is 270 g/mol. The van der Waals surface area contributed by atoms with E-state index in [2.05, 4.69) is 15.5 Å². The van der Waals surface area contributed by atoms with E-state index in [1.807, 2.05) is 4.57 Å². The topological polar surface area (TPSA) is 83.3 Å². The van der Waals surface area contributed by atoms with Crippen molar-refractivity contribution in [1.82, 2.24) is 19.7 Å². The minimum Gasteiger partial charge on any atom is -0.389 e. The Hall–Kier alpha value is -2.41. The standard InChI is InChI=1S/C14H17N5O2/c1-10(20)11-2-4-12(5-3-11)16-14(21)18-6-7-19-9-15-17-13(19)8-18/h2-5,9-10,20H,6-8H2,1H3,(H,16,21). The van der Waals surface area contributed by atoms with Gasteiger partial charge in [0.15, 0.2) is 5.82 Å². The molecule has 0 saturated carbocycles. The van der Waals surface area contributed by atoms with Crippen molar-refractivity contribution < 1.29 is 9.90 Å². The van der Waals surface area contributed by atoms with Gasteiger partial charge in [0.2, 0.25) is 0 Å². The van der Waals surface area contributed by atoms with E-state index in [1.54, 1.807) is 42.4 Å². The number of amides is 2. The highest BCUT2D eigenvalue weighted by Crippen LogP contribution is 2.17. The molecule has 2 amide bonds. The highest BCUT2D eigenvalue weighted by Gasteiger charge is 2.21. The molecule has 2 N–H and O–H groups in total. The van der Waals surface area contributed by atoms with Crippen LogP contribution in [0.3, 0.4) is 0 Å². The molecule has 0 aliphatic carbocycles. The summed E-state index contributed by atoms with van der Waals surface area (Å²) >= 11 is 0. The first-order valence-corrected chi connectivity index (χ1v) is 6.84. The fourth-order valence-corrected chi connectivity index (χ4v) is 2.29. The van der Waals surface area contributed by atoms with Crippen LogP contribution in [0, 0.1) is 0 Å². The van der Waals surface area contributed by atoms with Crippen molar-refractivity contribution in [2.24, 2.45) is 0 Å². The van der Waals surface area contributed by atoms with Crippen molar-refractivity contribution in [1.29, 1.82) is 0 Å². The van der Waals surface area contributed by atoms with Crippen LogP contribution in [0.2, 0.25) is 0 Å². The number of aliphatic hydroxyl groups excluding tert-OH is 1. The van der Waals surface area contributed by atoms with Crippen molar-refractivity contribution in [2.45, 2.75) is 26.1 Å². The second-order valence-electron chi connectivity index (χ2n) is 5.09. The highest BCUT2D eigenvalue weighted by atomic mass is 16.3. The second kappa shape index (κ2) is 5.53. The Kier molecular flexibility index (Phi) is 3.57. The van der Waals surface area contributed by atoms with Gasteiger partial charge in [-0.2, -0.15) is 0 Å². The summed E-state index contributed by atoms with van der Waals surface area (Å²) in [5.41, 5.74) is 1.52. The summed E-state index contributed by atoms with van der Waals surface area (Å²) in [4.78, 5) is 13.9. The Morgan fingerprint density at radius 2 is 2.10 bits per heavy atom. The number of nitrogens with one attached hydrogen (secondary N) is 1. The van der Waals surface area contributed by atoms with Gasteiger partial charge in [-0.25, -0.2) is 4.79 Å². The predicted octanol–water partition coefficient (Wildman–Crippen LogP) is 1.38. The van der Waals surface area contributed by atoms with E-state index in [9.17, 15) is 9.90 Å². The lowest BCUT2D eigenvalue weighted by Crippen LogP contribution is -2.40. The molecule has 1 aliphatic heterocycles. The number of urea groups is 1. The monoisotopic (exact) mass is 287 g/mol. The number of nitrogens with zero attached hydrogens (tertiary/aromatic N) is 4. The maximum Gasteiger partial charge on any atom is 0.322 e. The van der Waals surface area contributed by atoms with Crippen LogP contribution in [0.4, 0.5) is 10.5 Å². The molecule has 0 saturated heterocycles. The van der Waals surface area contributed by atoms with Gasteiger partial charge in [0.1, 0.15) is 6.33 Å². The number of aromatic nitrogens is 3. The molecule has 0 fully saturated rings. The lowest BCUT2D eigenvalue weighted by atomic mass is 10.1. The predicted molar refractivity (Wildman–Crippen MR) is 76.5 cm³/mol. The third kappa shape index (κ3) is 2.87. The number of anilines is 1. The molecule has 2 heterocycles. The van der Waals surface area contributed by atoms with Crippen LogP contribution in [-0.2, 0) is 13.1 Å². The van der Waals surface area contributed by atoms with E-state index in [1.165, 1.54) is 0 Å². The van der Waals surface area contributed by atoms with Gasteiger partial charge in [-0.15, -0.1) is 10.2 Å². The largest absolute Gasteiger partial charge is 0.389 e. The van der Waals surface area contributed by atoms with Crippen molar-refractivity contribution in [3.63, 3.8) is 0 Å². The van der Waals surface area contributed by atoms with Gasteiger partial charge in [0, 0.05) is 18.8 Å². The first-order chi connectivity index (χ1) is 10.1. The van der Waals surface area contributed by atoms with Crippen LogP contribution in [0.1, 0.15) is 24.4 Å². The molecule has 0 spiro atoms. The van der Waals surface area contributed by atoms with Gasteiger partial charge in [0.05, 0.1) is 12.6 Å². The lowest BCUT2D eigenvalue weighted by Gasteiger charge is -2.27. The van der Waals surface area contributed by atoms with Crippen LogP contribution >= 0.6 is 0 Å².